The SMILES string of the molecule is CC(=O)O[C@H]1CCC2C3C(CC[C@@]21C)C1CCC(=O)CC1=C[C@H]3C. The lowest BCUT2D eigenvalue weighted by molar-refractivity contribution is -0.156. The molecule has 0 saturated heterocycles. The van der Waals surface area contributed by atoms with E-state index in [1.165, 1.54) is 24.8 Å². The Hall–Kier alpha value is -1.12. The number of allylic oxidation sites excluding steroid dienone is 2. The summed E-state index contributed by atoms with van der Waals surface area (Å²) in [6, 6.07) is 0. The topological polar surface area (TPSA) is 43.4 Å². The first-order valence-corrected chi connectivity index (χ1v) is 9.79. The van der Waals surface area contributed by atoms with Gasteiger partial charge in [-0.05, 0) is 61.7 Å². The van der Waals surface area contributed by atoms with Crippen molar-refractivity contribution in [2.24, 2.45) is 35.0 Å². The molecule has 4 aliphatic carbocycles. The average molecular weight is 330 g/mol. The zero-order valence-electron chi connectivity index (χ0n) is 15.2. The normalized spacial score (nSPS) is 47.3. The lowest BCUT2D eigenvalue weighted by atomic mass is 9.50. The van der Waals surface area contributed by atoms with E-state index in [1.807, 2.05) is 0 Å². The molecule has 0 aromatic rings. The van der Waals surface area contributed by atoms with Crippen LogP contribution in [0, 0.1) is 35.0 Å². The molecule has 4 aliphatic rings. The summed E-state index contributed by atoms with van der Waals surface area (Å²) in [5, 5.41) is 0. The maximum Gasteiger partial charge on any atom is 0.302 e. The highest BCUT2D eigenvalue weighted by atomic mass is 16.5. The van der Waals surface area contributed by atoms with Crippen LogP contribution in [0.25, 0.3) is 0 Å². The maximum atomic E-state index is 11.9. The van der Waals surface area contributed by atoms with Crippen LogP contribution in [-0.4, -0.2) is 17.9 Å². The second kappa shape index (κ2) is 5.71. The van der Waals surface area contributed by atoms with Crippen molar-refractivity contribution in [3.05, 3.63) is 11.6 Å². The van der Waals surface area contributed by atoms with Gasteiger partial charge in [0.2, 0.25) is 0 Å². The predicted molar refractivity (Wildman–Crippen MR) is 92.2 cm³/mol. The summed E-state index contributed by atoms with van der Waals surface area (Å²) in [6.07, 6.45) is 9.70. The monoisotopic (exact) mass is 330 g/mol. The van der Waals surface area contributed by atoms with Gasteiger partial charge in [-0.1, -0.05) is 25.5 Å². The standard InChI is InChI=1S/C21H30O3/c1-12-10-14-11-15(23)4-5-16(14)17-8-9-21(3)18(20(12)17)6-7-19(21)24-13(2)22/h10,12,16-20H,4-9,11H2,1-3H3/t12-,16?,17?,18?,19+,20?,21+/m1/s1. The highest BCUT2D eigenvalue weighted by Gasteiger charge is 2.58. The van der Waals surface area contributed by atoms with E-state index >= 15 is 0 Å². The summed E-state index contributed by atoms with van der Waals surface area (Å²) >= 11 is 0. The number of hydrogen-bond donors (Lipinski definition) is 0. The maximum absolute atomic E-state index is 11.9. The third-order valence-electron chi connectivity index (χ3n) is 7.82. The highest BCUT2D eigenvalue weighted by molar-refractivity contribution is 5.82. The molecule has 7 atom stereocenters. The lowest BCUT2D eigenvalue weighted by Crippen LogP contribution is -2.50. The Labute approximate surface area is 145 Å². The van der Waals surface area contributed by atoms with Gasteiger partial charge in [-0.15, -0.1) is 0 Å². The fourth-order valence-corrected chi connectivity index (χ4v) is 6.87. The third-order valence-corrected chi connectivity index (χ3v) is 7.82. The smallest absolute Gasteiger partial charge is 0.302 e. The van der Waals surface area contributed by atoms with Crippen molar-refractivity contribution in [1.29, 1.82) is 0 Å². The Kier molecular flexibility index (Phi) is 3.89. The fourth-order valence-electron chi connectivity index (χ4n) is 6.87. The van der Waals surface area contributed by atoms with Crippen molar-refractivity contribution in [3.63, 3.8) is 0 Å². The number of hydrogen-bond acceptors (Lipinski definition) is 3. The van der Waals surface area contributed by atoms with E-state index in [4.69, 9.17) is 4.74 Å². The van der Waals surface area contributed by atoms with Crippen LogP contribution >= 0.6 is 0 Å². The van der Waals surface area contributed by atoms with Gasteiger partial charge in [0.15, 0.2) is 0 Å². The van der Waals surface area contributed by atoms with Crippen molar-refractivity contribution in [1.82, 2.24) is 0 Å². The first-order valence-electron chi connectivity index (χ1n) is 9.79. The zero-order valence-corrected chi connectivity index (χ0v) is 15.2. The molecular formula is C21H30O3. The van der Waals surface area contributed by atoms with E-state index in [1.54, 1.807) is 6.92 Å². The van der Waals surface area contributed by atoms with E-state index in [9.17, 15) is 9.59 Å². The number of Topliss-reactive ketones (excluding diaryl/α,β-unsaturated/α-hetero) is 1. The van der Waals surface area contributed by atoms with E-state index in [0.717, 1.165) is 25.2 Å². The minimum Gasteiger partial charge on any atom is -0.462 e. The molecule has 0 aromatic carbocycles. The molecule has 0 radical (unpaired) electrons. The molecule has 0 heterocycles. The molecule has 0 N–H and O–H groups in total. The largest absolute Gasteiger partial charge is 0.462 e. The predicted octanol–water partition coefficient (Wildman–Crippen LogP) is 4.31. The van der Waals surface area contributed by atoms with Crippen LogP contribution in [-0.2, 0) is 14.3 Å². The number of rotatable bonds is 1. The van der Waals surface area contributed by atoms with Crippen LogP contribution in [0.5, 0.6) is 0 Å². The highest BCUT2D eigenvalue weighted by Crippen LogP contribution is 2.62. The Morgan fingerprint density at radius 3 is 2.79 bits per heavy atom. The van der Waals surface area contributed by atoms with Gasteiger partial charge >= 0.3 is 5.97 Å². The minimum atomic E-state index is -0.131. The summed E-state index contributed by atoms with van der Waals surface area (Å²) in [7, 11) is 0. The van der Waals surface area contributed by atoms with Crippen LogP contribution in [0.3, 0.4) is 0 Å². The van der Waals surface area contributed by atoms with Gasteiger partial charge in [-0.3, -0.25) is 9.59 Å². The van der Waals surface area contributed by atoms with Crippen LogP contribution in [0.1, 0.15) is 65.7 Å². The summed E-state index contributed by atoms with van der Waals surface area (Å²) < 4.78 is 5.72. The van der Waals surface area contributed by atoms with Gasteiger partial charge in [0.05, 0.1) is 0 Å². The van der Waals surface area contributed by atoms with E-state index in [2.05, 4.69) is 19.9 Å². The van der Waals surface area contributed by atoms with Gasteiger partial charge < -0.3 is 4.74 Å². The van der Waals surface area contributed by atoms with Crippen LogP contribution in [0.2, 0.25) is 0 Å². The second-order valence-electron chi connectivity index (χ2n) is 9.03. The fraction of sp³-hybridized carbons (Fsp3) is 0.810. The van der Waals surface area contributed by atoms with Crippen molar-refractivity contribution < 1.29 is 14.3 Å². The number of ether oxygens (including phenoxy) is 1. The van der Waals surface area contributed by atoms with Gasteiger partial charge in [-0.25, -0.2) is 0 Å². The first-order chi connectivity index (χ1) is 11.4. The van der Waals surface area contributed by atoms with Gasteiger partial charge in [0, 0.05) is 25.2 Å². The van der Waals surface area contributed by atoms with Crippen molar-refractivity contribution in [2.45, 2.75) is 71.8 Å². The Morgan fingerprint density at radius 2 is 2.04 bits per heavy atom. The summed E-state index contributed by atoms with van der Waals surface area (Å²) in [6.45, 7) is 6.26. The second-order valence-corrected chi connectivity index (χ2v) is 9.03. The Morgan fingerprint density at radius 1 is 1.25 bits per heavy atom. The van der Waals surface area contributed by atoms with Crippen molar-refractivity contribution >= 4 is 11.8 Å². The third kappa shape index (κ3) is 2.38. The van der Waals surface area contributed by atoms with E-state index in [-0.39, 0.29) is 17.5 Å². The summed E-state index contributed by atoms with van der Waals surface area (Å²) in [4.78, 5) is 23.4. The van der Waals surface area contributed by atoms with Gasteiger partial charge in [0.1, 0.15) is 11.9 Å². The summed E-state index contributed by atoms with van der Waals surface area (Å²) in [5.74, 6) is 3.59. The number of carbonyl (C=O) groups is 2. The molecule has 4 unspecified atom stereocenters. The molecule has 0 bridgehead atoms. The van der Waals surface area contributed by atoms with Crippen LogP contribution in [0.4, 0.5) is 0 Å². The number of ketones is 1. The molecular weight excluding hydrogens is 300 g/mol. The number of esters is 1. The number of fused-ring (bicyclic) bond motifs is 5. The molecule has 3 nitrogen and oxygen atoms in total. The molecule has 3 heteroatoms. The minimum absolute atomic E-state index is 0.103. The van der Waals surface area contributed by atoms with Gasteiger partial charge in [-0.2, -0.15) is 0 Å². The molecule has 4 rings (SSSR count). The molecule has 3 fully saturated rings. The van der Waals surface area contributed by atoms with Crippen LogP contribution < -0.4 is 0 Å². The van der Waals surface area contributed by atoms with E-state index < -0.39 is 0 Å². The molecule has 0 aromatic heterocycles. The lowest BCUT2D eigenvalue weighted by Gasteiger charge is -2.54. The van der Waals surface area contributed by atoms with E-state index in [0.29, 0.717) is 35.9 Å². The average Bonchev–Trinajstić information content (AvgIpc) is 2.83. The first kappa shape index (κ1) is 16.4. The van der Waals surface area contributed by atoms with Crippen molar-refractivity contribution in [2.75, 3.05) is 0 Å². The molecule has 132 valence electrons. The summed E-state index contributed by atoms with van der Waals surface area (Å²) in [5.41, 5.74) is 1.59. The van der Waals surface area contributed by atoms with Gasteiger partial charge in [0.25, 0.3) is 0 Å². The Balaban J connectivity index is 1.63. The van der Waals surface area contributed by atoms with Crippen LogP contribution in [0.15, 0.2) is 11.6 Å². The zero-order chi connectivity index (χ0) is 17.1. The molecule has 0 spiro atoms. The number of carbonyl (C=O) groups excluding carboxylic acids is 2. The molecule has 0 aliphatic heterocycles. The van der Waals surface area contributed by atoms with Crippen molar-refractivity contribution in [3.8, 4) is 0 Å². The quantitative estimate of drug-likeness (QED) is 0.531. The molecule has 24 heavy (non-hydrogen) atoms. The molecule has 0 amide bonds. The molecule has 3 saturated carbocycles. The Bertz CT molecular complexity index is 592.